The van der Waals surface area contributed by atoms with Gasteiger partial charge in [0.05, 0.1) is 22.3 Å². The predicted molar refractivity (Wildman–Crippen MR) is 70.2 cm³/mol. The molecule has 1 rings (SSSR count). The van der Waals surface area contributed by atoms with Gasteiger partial charge in [-0.25, -0.2) is 0 Å². The SMILES string of the molecule is O=C(O)CNCCC(=O)Nc1c(Cl)cccc1Cl. The Morgan fingerprint density at radius 1 is 1.22 bits per heavy atom. The zero-order valence-corrected chi connectivity index (χ0v) is 10.9. The van der Waals surface area contributed by atoms with Gasteiger partial charge in [0.25, 0.3) is 0 Å². The van der Waals surface area contributed by atoms with Crippen LogP contribution < -0.4 is 10.6 Å². The molecule has 0 aliphatic rings. The fraction of sp³-hybridized carbons (Fsp3) is 0.273. The lowest BCUT2D eigenvalue weighted by molar-refractivity contribution is -0.136. The summed E-state index contributed by atoms with van der Waals surface area (Å²) in [4.78, 5) is 21.8. The van der Waals surface area contributed by atoms with E-state index in [1.54, 1.807) is 18.2 Å². The zero-order valence-electron chi connectivity index (χ0n) is 9.37. The van der Waals surface area contributed by atoms with Gasteiger partial charge in [-0.05, 0) is 12.1 Å². The van der Waals surface area contributed by atoms with Crippen molar-refractivity contribution in [2.24, 2.45) is 0 Å². The minimum atomic E-state index is -0.968. The minimum Gasteiger partial charge on any atom is -0.480 e. The van der Waals surface area contributed by atoms with Gasteiger partial charge in [0, 0.05) is 13.0 Å². The molecule has 0 unspecified atom stereocenters. The maximum absolute atomic E-state index is 11.5. The van der Waals surface area contributed by atoms with Gasteiger partial charge in [0.1, 0.15) is 0 Å². The first-order chi connectivity index (χ1) is 8.50. The first-order valence-electron chi connectivity index (χ1n) is 5.17. The number of halogens is 2. The zero-order chi connectivity index (χ0) is 13.5. The van der Waals surface area contributed by atoms with Gasteiger partial charge in [-0.1, -0.05) is 29.3 Å². The Hall–Kier alpha value is -1.30. The highest BCUT2D eigenvalue weighted by atomic mass is 35.5. The van der Waals surface area contributed by atoms with Crippen LogP contribution in [0.5, 0.6) is 0 Å². The predicted octanol–water partition coefficient (Wildman–Crippen LogP) is 2.00. The second-order valence-corrected chi connectivity index (χ2v) is 4.28. The highest BCUT2D eigenvalue weighted by Gasteiger charge is 2.09. The quantitative estimate of drug-likeness (QED) is 0.700. The molecule has 5 nitrogen and oxygen atoms in total. The van der Waals surface area contributed by atoms with E-state index in [1.807, 2.05) is 0 Å². The van der Waals surface area contributed by atoms with Gasteiger partial charge in [0.15, 0.2) is 0 Å². The maximum Gasteiger partial charge on any atom is 0.317 e. The summed E-state index contributed by atoms with van der Waals surface area (Å²) < 4.78 is 0. The van der Waals surface area contributed by atoms with Crippen LogP contribution in [0.25, 0.3) is 0 Å². The largest absolute Gasteiger partial charge is 0.480 e. The van der Waals surface area contributed by atoms with Crippen molar-refractivity contribution in [2.45, 2.75) is 6.42 Å². The van der Waals surface area contributed by atoms with Crippen molar-refractivity contribution in [1.82, 2.24) is 5.32 Å². The number of carboxylic acids is 1. The number of para-hydroxylation sites is 1. The molecule has 0 aliphatic heterocycles. The van der Waals surface area contributed by atoms with E-state index in [0.29, 0.717) is 15.7 Å². The third kappa shape index (κ3) is 4.91. The van der Waals surface area contributed by atoms with Gasteiger partial charge in [-0.15, -0.1) is 0 Å². The lowest BCUT2D eigenvalue weighted by Crippen LogP contribution is -2.26. The maximum atomic E-state index is 11.5. The van der Waals surface area contributed by atoms with Crippen LogP contribution in [0, 0.1) is 0 Å². The van der Waals surface area contributed by atoms with E-state index >= 15 is 0 Å². The van der Waals surface area contributed by atoms with Crippen LogP contribution in [0.2, 0.25) is 10.0 Å². The minimum absolute atomic E-state index is 0.134. The monoisotopic (exact) mass is 290 g/mol. The molecule has 18 heavy (non-hydrogen) atoms. The van der Waals surface area contributed by atoms with Crippen LogP contribution in [0.3, 0.4) is 0 Å². The van der Waals surface area contributed by atoms with Crippen molar-refractivity contribution in [3.63, 3.8) is 0 Å². The number of benzene rings is 1. The smallest absolute Gasteiger partial charge is 0.317 e. The Labute approximate surface area is 114 Å². The number of amides is 1. The standard InChI is InChI=1S/C11H12Cl2N2O3/c12-7-2-1-3-8(13)11(7)15-9(16)4-5-14-6-10(17)18/h1-3,14H,4-6H2,(H,15,16)(H,17,18). The molecule has 0 saturated carbocycles. The lowest BCUT2D eigenvalue weighted by Gasteiger charge is -2.09. The molecule has 0 spiro atoms. The number of carboxylic acid groups (broad SMARTS) is 1. The molecular weight excluding hydrogens is 279 g/mol. The molecule has 0 bridgehead atoms. The second kappa shape index (κ2) is 7.20. The Bertz CT molecular complexity index is 432. The van der Waals surface area contributed by atoms with E-state index in [9.17, 15) is 9.59 Å². The molecule has 0 fully saturated rings. The summed E-state index contributed by atoms with van der Waals surface area (Å²) >= 11 is 11.8. The van der Waals surface area contributed by atoms with Crippen molar-refractivity contribution in [2.75, 3.05) is 18.4 Å². The van der Waals surface area contributed by atoms with Gasteiger partial charge in [0.2, 0.25) is 5.91 Å². The van der Waals surface area contributed by atoms with E-state index < -0.39 is 5.97 Å². The van der Waals surface area contributed by atoms with Crippen molar-refractivity contribution < 1.29 is 14.7 Å². The van der Waals surface area contributed by atoms with Crippen molar-refractivity contribution in [1.29, 1.82) is 0 Å². The van der Waals surface area contributed by atoms with Crippen LogP contribution >= 0.6 is 23.2 Å². The third-order valence-corrected chi connectivity index (χ3v) is 2.66. The summed E-state index contributed by atoms with van der Waals surface area (Å²) in [6, 6.07) is 4.91. The van der Waals surface area contributed by atoms with E-state index in [2.05, 4.69) is 10.6 Å². The molecule has 3 N–H and O–H groups in total. The molecule has 1 amide bonds. The summed E-state index contributed by atoms with van der Waals surface area (Å²) in [5.74, 6) is -1.26. The number of rotatable bonds is 6. The number of nitrogens with one attached hydrogen (secondary N) is 2. The van der Waals surface area contributed by atoms with Crippen LogP contribution in [0.15, 0.2) is 18.2 Å². The molecule has 98 valence electrons. The Morgan fingerprint density at radius 3 is 2.39 bits per heavy atom. The summed E-state index contributed by atoms with van der Waals surface area (Å²) in [7, 11) is 0. The van der Waals surface area contributed by atoms with Crippen LogP contribution in [0.1, 0.15) is 6.42 Å². The summed E-state index contributed by atoms with van der Waals surface area (Å²) in [5.41, 5.74) is 0.365. The van der Waals surface area contributed by atoms with Crippen molar-refractivity contribution in [3.05, 3.63) is 28.2 Å². The van der Waals surface area contributed by atoms with E-state index in [1.165, 1.54) is 0 Å². The highest BCUT2D eigenvalue weighted by molar-refractivity contribution is 6.39. The molecule has 0 radical (unpaired) electrons. The number of carbonyl (C=O) groups excluding carboxylic acids is 1. The number of hydrogen-bond acceptors (Lipinski definition) is 3. The number of carbonyl (C=O) groups is 2. The molecular formula is C11H12Cl2N2O3. The van der Waals surface area contributed by atoms with Gasteiger partial charge >= 0.3 is 5.97 Å². The van der Waals surface area contributed by atoms with Crippen LogP contribution in [0.4, 0.5) is 5.69 Å². The molecule has 0 atom stereocenters. The van der Waals surface area contributed by atoms with Gasteiger partial charge < -0.3 is 15.7 Å². The van der Waals surface area contributed by atoms with Gasteiger partial charge in [-0.3, -0.25) is 9.59 Å². The van der Waals surface area contributed by atoms with E-state index in [-0.39, 0.29) is 25.4 Å². The highest BCUT2D eigenvalue weighted by Crippen LogP contribution is 2.29. The molecule has 0 saturated heterocycles. The summed E-state index contributed by atoms with van der Waals surface area (Å²) in [6.45, 7) is 0.0837. The third-order valence-electron chi connectivity index (χ3n) is 2.03. The summed E-state index contributed by atoms with van der Waals surface area (Å²) in [6.07, 6.45) is 0.134. The lowest BCUT2D eigenvalue weighted by atomic mass is 10.3. The Kier molecular flexibility index (Phi) is 5.91. The fourth-order valence-electron chi connectivity index (χ4n) is 1.22. The van der Waals surface area contributed by atoms with Crippen LogP contribution in [-0.2, 0) is 9.59 Å². The van der Waals surface area contributed by atoms with E-state index in [4.69, 9.17) is 28.3 Å². The van der Waals surface area contributed by atoms with Crippen molar-refractivity contribution >= 4 is 40.8 Å². The fourth-order valence-corrected chi connectivity index (χ4v) is 1.71. The van der Waals surface area contributed by atoms with E-state index in [0.717, 1.165) is 0 Å². The summed E-state index contributed by atoms with van der Waals surface area (Å²) in [5, 5.41) is 14.3. The number of anilines is 1. The molecule has 0 heterocycles. The average molecular weight is 291 g/mol. The molecule has 1 aromatic carbocycles. The number of hydrogen-bond donors (Lipinski definition) is 3. The number of aliphatic carboxylic acids is 1. The Morgan fingerprint density at radius 2 is 1.83 bits per heavy atom. The molecule has 0 aliphatic carbocycles. The second-order valence-electron chi connectivity index (χ2n) is 3.47. The molecule has 0 aromatic heterocycles. The molecule has 7 heteroatoms. The van der Waals surface area contributed by atoms with Crippen molar-refractivity contribution in [3.8, 4) is 0 Å². The molecule has 1 aromatic rings. The topological polar surface area (TPSA) is 78.4 Å². The Balaban J connectivity index is 2.43. The average Bonchev–Trinajstić information content (AvgIpc) is 2.29. The first-order valence-corrected chi connectivity index (χ1v) is 5.92. The normalized spacial score (nSPS) is 10.1. The van der Waals surface area contributed by atoms with Crippen LogP contribution in [-0.4, -0.2) is 30.1 Å². The van der Waals surface area contributed by atoms with Gasteiger partial charge in [-0.2, -0.15) is 0 Å². The first kappa shape index (κ1) is 14.8.